The van der Waals surface area contributed by atoms with Crippen molar-refractivity contribution in [2.45, 2.75) is 13.1 Å². The number of nitrogens with one attached hydrogen (secondary N) is 1. The van der Waals surface area contributed by atoms with Crippen molar-refractivity contribution >= 4 is 17.7 Å². The molecule has 0 atom stereocenters. The first-order chi connectivity index (χ1) is 14.3. The number of ether oxygens (including phenoxy) is 2. The number of carbonyl (C=O) groups excluding carboxylic acids is 1. The third-order valence-electron chi connectivity index (χ3n) is 3.74. The molecule has 0 saturated carbocycles. The van der Waals surface area contributed by atoms with Gasteiger partial charge in [0.1, 0.15) is 18.2 Å². The van der Waals surface area contributed by atoms with Gasteiger partial charge in [-0.15, -0.1) is 6.42 Å². The normalized spacial score (nSPS) is 11.2. The van der Waals surface area contributed by atoms with Crippen LogP contribution >= 0.6 is 0 Å². The van der Waals surface area contributed by atoms with Crippen LogP contribution in [0.25, 0.3) is 6.08 Å². The Hall–Kier alpha value is -3.91. The standard InChI is InChI=1S/C22H17F3N2O3/c1-3-11-30-19-10-9-15(13-20(19)29-4-2)12-16(14-26)21(28)27-18-8-6-5-7-17(18)22(23,24)25/h1,5-10,12-13H,4,11H2,2H3,(H,27,28)/b16-12+. The van der Waals surface area contributed by atoms with E-state index in [0.717, 1.165) is 12.1 Å². The molecule has 2 aromatic rings. The summed E-state index contributed by atoms with van der Waals surface area (Å²) < 4.78 is 50.1. The maximum atomic E-state index is 13.1. The van der Waals surface area contributed by atoms with Crippen molar-refractivity contribution < 1.29 is 27.4 Å². The largest absolute Gasteiger partial charge is 0.490 e. The molecular formula is C22H17F3N2O3. The Bertz CT molecular complexity index is 1030. The van der Waals surface area contributed by atoms with Crippen molar-refractivity contribution in [1.82, 2.24) is 0 Å². The smallest absolute Gasteiger partial charge is 0.418 e. The topological polar surface area (TPSA) is 71.3 Å². The molecule has 0 bridgehead atoms. The molecule has 8 heteroatoms. The number of hydrogen-bond acceptors (Lipinski definition) is 4. The first-order valence-electron chi connectivity index (χ1n) is 8.72. The molecule has 0 unspecified atom stereocenters. The Morgan fingerprint density at radius 3 is 2.57 bits per heavy atom. The van der Waals surface area contributed by atoms with E-state index in [4.69, 9.17) is 15.9 Å². The molecule has 0 heterocycles. The summed E-state index contributed by atoms with van der Waals surface area (Å²) in [5.74, 6) is 2.09. The zero-order chi connectivity index (χ0) is 22.1. The van der Waals surface area contributed by atoms with Crippen molar-refractivity contribution in [3.8, 4) is 29.9 Å². The van der Waals surface area contributed by atoms with Gasteiger partial charge in [-0.3, -0.25) is 4.79 Å². The van der Waals surface area contributed by atoms with Crippen LogP contribution in [0.15, 0.2) is 48.0 Å². The average molecular weight is 414 g/mol. The highest BCUT2D eigenvalue weighted by molar-refractivity contribution is 6.10. The summed E-state index contributed by atoms with van der Waals surface area (Å²) in [5.41, 5.74) is -1.41. The van der Waals surface area contributed by atoms with E-state index in [1.54, 1.807) is 25.1 Å². The first kappa shape index (κ1) is 22.4. The lowest BCUT2D eigenvalue weighted by atomic mass is 10.1. The van der Waals surface area contributed by atoms with Crippen molar-refractivity contribution in [3.63, 3.8) is 0 Å². The molecule has 0 aliphatic heterocycles. The van der Waals surface area contributed by atoms with Gasteiger partial charge < -0.3 is 14.8 Å². The molecule has 0 fully saturated rings. The molecule has 2 aromatic carbocycles. The average Bonchev–Trinajstić information content (AvgIpc) is 2.71. The van der Waals surface area contributed by atoms with Crippen molar-refractivity contribution in [3.05, 3.63) is 59.2 Å². The number of amides is 1. The molecule has 0 saturated heterocycles. The summed E-state index contributed by atoms with van der Waals surface area (Å²) >= 11 is 0. The van der Waals surface area contributed by atoms with Gasteiger partial charge in [-0.2, -0.15) is 18.4 Å². The SMILES string of the molecule is C#CCOc1ccc(/C=C(\C#N)C(=O)Nc2ccccc2C(F)(F)F)cc1OCC. The number of nitrogens with zero attached hydrogens (tertiary/aromatic N) is 1. The minimum atomic E-state index is -4.65. The fraction of sp³-hybridized carbons (Fsp3) is 0.182. The van der Waals surface area contributed by atoms with Crippen molar-refractivity contribution in [1.29, 1.82) is 5.26 Å². The summed E-state index contributed by atoms with van der Waals surface area (Å²) in [6.45, 7) is 2.12. The summed E-state index contributed by atoms with van der Waals surface area (Å²) in [6, 6.07) is 10.9. The van der Waals surface area contributed by atoms with Gasteiger partial charge in [0.15, 0.2) is 11.5 Å². The van der Waals surface area contributed by atoms with Crippen molar-refractivity contribution in [2.24, 2.45) is 0 Å². The van der Waals surface area contributed by atoms with Crippen molar-refractivity contribution in [2.75, 3.05) is 18.5 Å². The van der Waals surface area contributed by atoms with E-state index >= 15 is 0 Å². The van der Waals surface area contributed by atoms with E-state index < -0.39 is 23.3 Å². The molecule has 1 N–H and O–H groups in total. The lowest BCUT2D eigenvalue weighted by molar-refractivity contribution is -0.137. The number of anilines is 1. The van der Waals surface area contributed by atoms with E-state index in [9.17, 15) is 23.2 Å². The van der Waals surface area contributed by atoms with E-state index in [0.29, 0.717) is 23.7 Å². The van der Waals surface area contributed by atoms with Crippen LogP contribution < -0.4 is 14.8 Å². The number of rotatable bonds is 7. The van der Waals surface area contributed by atoms with Crippen LogP contribution in [0, 0.1) is 23.7 Å². The van der Waals surface area contributed by atoms with Crippen LogP contribution in [0.1, 0.15) is 18.1 Å². The molecule has 0 aliphatic rings. The maximum Gasteiger partial charge on any atom is 0.418 e. The fourth-order valence-electron chi connectivity index (χ4n) is 2.47. The number of terminal acetylenes is 1. The van der Waals surface area contributed by atoms with Gasteiger partial charge in [-0.25, -0.2) is 0 Å². The van der Waals surface area contributed by atoms with Crippen LogP contribution in [0.5, 0.6) is 11.5 Å². The first-order valence-corrected chi connectivity index (χ1v) is 8.72. The highest BCUT2D eigenvalue weighted by atomic mass is 19.4. The van der Waals surface area contributed by atoms with E-state index in [-0.39, 0.29) is 12.2 Å². The molecule has 2 rings (SSSR count). The van der Waals surface area contributed by atoms with E-state index in [1.807, 2.05) is 0 Å². The highest BCUT2D eigenvalue weighted by Gasteiger charge is 2.33. The van der Waals surface area contributed by atoms with Gasteiger partial charge in [-0.05, 0) is 42.8 Å². The summed E-state index contributed by atoms with van der Waals surface area (Å²) in [7, 11) is 0. The fourth-order valence-corrected chi connectivity index (χ4v) is 2.47. The molecular weight excluding hydrogens is 397 g/mol. The predicted molar refractivity (Wildman–Crippen MR) is 106 cm³/mol. The summed E-state index contributed by atoms with van der Waals surface area (Å²) in [4.78, 5) is 12.4. The van der Waals surface area contributed by atoms with Gasteiger partial charge in [0.05, 0.1) is 17.9 Å². The van der Waals surface area contributed by atoms with Crippen LogP contribution in [-0.2, 0) is 11.0 Å². The minimum absolute atomic E-state index is 0.0275. The molecule has 0 spiro atoms. The lowest BCUT2D eigenvalue weighted by Gasteiger charge is -2.13. The second-order valence-corrected chi connectivity index (χ2v) is 5.80. The van der Waals surface area contributed by atoms with Crippen LogP contribution in [-0.4, -0.2) is 19.1 Å². The second kappa shape index (κ2) is 10.0. The number of benzene rings is 2. The third-order valence-corrected chi connectivity index (χ3v) is 3.74. The van der Waals surface area contributed by atoms with Gasteiger partial charge in [0.2, 0.25) is 0 Å². The molecule has 1 amide bonds. The zero-order valence-electron chi connectivity index (χ0n) is 15.9. The predicted octanol–water partition coefficient (Wildman–Crippen LogP) is 4.66. The molecule has 0 aromatic heterocycles. The van der Waals surface area contributed by atoms with Gasteiger partial charge in [-0.1, -0.05) is 24.1 Å². The minimum Gasteiger partial charge on any atom is -0.490 e. The molecule has 0 aliphatic carbocycles. The summed E-state index contributed by atoms with van der Waals surface area (Å²) in [5, 5.41) is 11.5. The number of hydrogen-bond donors (Lipinski definition) is 1. The third kappa shape index (κ3) is 5.79. The Balaban J connectivity index is 2.32. The lowest BCUT2D eigenvalue weighted by Crippen LogP contribution is -2.17. The quantitative estimate of drug-likeness (QED) is 0.406. The van der Waals surface area contributed by atoms with Gasteiger partial charge in [0.25, 0.3) is 5.91 Å². The second-order valence-electron chi connectivity index (χ2n) is 5.80. The zero-order valence-corrected chi connectivity index (χ0v) is 15.9. The van der Waals surface area contributed by atoms with Crippen LogP contribution in [0.3, 0.4) is 0 Å². The summed E-state index contributed by atoms with van der Waals surface area (Å²) in [6.07, 6.45) is 1.76. The number of carbonyl (C=O) groups is 1. The van der Waals surface area contributed by atoms with E-state index in [1.165, 1.54) is 24.3 Å². The Morgan fingerprint density at radius 1 is 1.20 bits per heavy atom. The number of alkyl halides is 3. The van der Waals surface area contributed by atoms with Gasteiger partial charge in [0, 0.05) is 0 Å². The Morgan fingerprint density at radius 2 is 1.93 bits per heavy atom. The number of nitriles is 1. The maximum absolute atomic E-state index is 13.1. The molecule has 0 radical (unpaired) electrons. The number of para-hydroxylation sites is 1. The monoisotopic (exact) mass is 414 g/mol. The molecule has 5 nitrogen and oxygen atoms in total. The number of halogens is 3. The molecule has 30 heavy (non-hydrogen) atoms. The Labute approximate surface area is 171 Å². The van der Waals surface area contributed by atoms with E-state index in [2.05, 4.69) is 11.2 Å². The van der Waals surface area contributed by atoms with Crippen LogP contribution in [0.2, 0.25) is 0 Å². The van der Waals surface area contributed by atoms with Crippen LogP contribution in [0.4, 0.5) is 18.9 Å². The van der Waals surface area contributed by atoms with Gasteiger partial charge >= 0.3 is 6.18 Å². The highest BCUT2D eigenvalue weighted by Crippen LogP contribution is 2.35. The molecule has 154 valence electrons. The Kier molecular flexibility index (Phi) is 7.49.